The first-order valence-corrected chi connectivity index (χ1v) is 12.1. The first-order valence-electron chi connectivity index (χ1n) is 12.1. The van der Waals surface area contributed by atoms with Crippen molar-refractivity contribution in [1.82, 2.24) is 0 Å². The molecule has 1 nitrogen and oxygen atoms in total. The Balaban J connectivity index is 1.63. The number of hydrogen-bond acceptors (Lipinski definition) is 1. The molecule has 0 spiro atoms. The maximum Gasteiger partial charge on any atom is 0.439 e. The van der Waals surface area contributed by atoms with Crippen molar-refractivity contribution in [1.29, 1.82) is 0 Å². The van der Waals surface area contributed by atoms with Crippen LogP contribution in [0.25, 0.3) is 0 Å². The molecule has 1 unspecified atom stereocenters. The number of aryl methyl sites for hydroxylation is 2. The number of ether oxygens (including phenoxy) is 1. The summed E-state index contributed by atoms with van der Waals surface area (Å²) >= 11 is 0. The van der Waals surface area contributed by atoms with Crippen LogP contribution in [0.15, 0.2) is 42.5 Å². The average Bonchev–Trinajstić information content (AvgIpc) is 2.82. The third-order valence-electron chi connectivity index (χ3n) is 6.83. The molecule has 1 saturated carbocycles. The highest BCUT2D eigenvalue weighted by Crippen LogP contribution is 2.39. The van der Waals surface area contributed by atoms with Crippen LogP contribution in [0.3, 0.4) is 0 Å². The zero-order chi connectivity index (χ0) is 25.6. The van der Waals surface area contributed by atoms with Crippen molar-refractivity contribution in [2.45, 2.75) is 89.1 Å². The zero-order valence-corrected chi connectivity index (χ0v) is 19.7. The van der Waals surface area contributed by atoms with E-state index in [9.17, 15) is 30.7 Å². The molecule has 35 heavy (non-hydrogen) atoms. The molecular weight excluding hydrogens is 473 g/mol. The van der Waals surface area contributed by atoms with E-state index in [2.05, 4.69) is 11.7 Å². The van der Waals surface area contributed by atoms with E-state index in [-0.39, 0.29) is 18.4 Å². The summed E-state index contributed by atoms with van der Waals surface area (Å²) in [7, 11) is 0. The quantitative estimate of drug-likeness (QED) is 0.294. The van der Waals surface area contributed by atoms with Gasteiger partial charge in [0.15, 0.2) is 0 Å². The van der Waals surface area contributed by atoms with Crippen molar-refractivity contribution in [3.63, 3.8) is 0 Å². The maximum atomic E-state index is 14.8. The average molecular weight is 505 g/mol. The number of benzene rings is 2. The molecule has 0 saturated heterocycles. The highest BCUT2D eigenvalue weighted by molar-refractivity contribution is 5.35. The highest BCUT2D eigenvalue weighted by atomic mass is 19.4. The number of para-hydroxylation sites is 1. The molecule has 1 atom stereocenters. The smallest absolute Gasteiger partial charge is 0.430 e. The molecule has 0 amide bonds. The summed E-state index contributed by atoms with van der Waals surface area (Å²) in [5, 5.41) is 0. The van der Waals surface area contributed by atoms with Crippen molar-refractivity contribution in [3.8, 4) is 5.75 Å². The zero-order valence-electron chi connectivity index (χ0n) is 19.7. The van der Waals surface area contributed by atoms with Gasteiger partial charge in [-0.1, -0.05) is 56.5 Å². The van der Waals surface area contributed by atoms with Crippen molar-refractivity contribution in [3.05, 3.63) is 65.0 Å². The molecule has 0 aliphatic heterocycles. The Kier molecular flexibility index (Phi) is 9.11. The molecule has 1 aliphatic carbocycles. The molecule has 1 aliphatic rings. The summed E-state index contributed by atoms with van der Waals surface area (Å²) in [6.07, 6.45) is -7.14. The van der Waals surface area contributed by atoms with Crippen molar-refractivity contribution in [2.24, 2.45) is 5.92 Å². The first kappa shape index (κ1) is 27.3. The third-order valence-corrected chi connectivity index (χ3v) is 6.83. The lowest BCUT2D eigenvalue weighted by atomic mass is 9.77. The highest BCUT2D eigenvalue weighted by Gasteiger charge is 2.59. The van der Waals surface area contributed by atoms with Crippen LogP contribution < -0.4 is 4.74 Å². The second-order valence-corrected chi connectivity index (χ2v) is 9.39. The van der Waals surface area contributed by atoms with E-state index in [4.69, 9.17) is 0 Å². The molecule has 0 bridgehead atoms. The Morgan fingerprint density at radius 2 is 1.57 bits per heavy atom. The van der Waals surface area contributed by atoms with E-state index in [0.29, 0.717) is 11.5 Å². The number of alkyl halides is 6. The number of unbranched alkanes of at least 4 members (excludes halogenated alkanes) is 1. The minimum Gasteiger partial charge on any atom is -0.430 e. The van der Waals surface area contributed by atoms with Gasteiger partial charge in [0, 0.05) is 0 Å². The van der Waals surface area contributed by atoms with Crippen LogP contribution in [0.4, 0.5) is 30.7 Å². The summed E-state index contributed by atoms with van der Waals surface area (Å²) in [4.78, 5) is 0. The Bertz CT molecular complexity index is 949. The van der Waals surface area contributed by atoms with Crippen LogP contribution in [0.2, 0.25) is 0 Å². The summed E-state index contributed by atoms with van der Waals surface area (Å²) in [5.41, 5.74) is 1.45. The molecule has 0 heterocycles. The molecule has 3 rings (SSSR count). The van der Waals surface area contributed by atoms with Gasteiger partial charge in [0.25, 0.3) is 6.17 Å². The summed E-state index contributed by atoms with van der Waals surface area (Å²) in [5.74, 6) is 0.0883. The fourth-order valence-corrected chi connectivity index (χ4v) is 4.77. The van der Waals surface area contributed by atoms with Gasteiger partial charge >= 0.3 is 12.3 Å². The van der Waals surface area contributed by atoms with E-state index in [1.165, 1.54) is 43.5 Å². The number of halogens is 7. The van der Waals surface area contributed by atoms with E-state index in [1.54, 1.807) is 6.07 Å². The van der Waals surface area contributed by atoms with Crippen LogP contribution in [0.1, 0.15) is 74.5 Å². The van der Waals surface area contributed by atoms with Crippen molar-refractivity contribution in [2.75, 3.05) is 0 Å². The minimum absolute atomic E-state index is 0.0357. The predicted octanol–water partition coefficient (Wildman–Crippen LogP) is 8.95. The van der Waals surface area contributed by atoms with E-state index in [0.717, 1.165) is 43.2 Å². The second kappa shape index (κ2) is 11.7. The first-order chi connectivity index (χ1) is 16.5. The SMILES string of the molecule is CCCCC1CCC(c2ccc(CCc3ccccc3OC(F)(F)C(F)C(F)(F)F)c(F)c2)CC1. The van der Waals surface area contributed by atoms with Crippen LogP contribution in [0.5, 0.6) is 5.75 Å². The van der Waals surface area contributed by atoms with Gasteiger partial charge in [0.2, 0.25) is 0 Å². The van der Waals surface area contributed by atoms with Crippen molar-refractivity contribution >= 4 is 0 Å². The maximum absolute atomic E-state index is 14.8. The molecule has 194 valence electrons. The van der Waals surface area contributed by atoms with Crippen molar-refractivity contribution < 1.29 is 35.5 Å². The van der Waals surface area contributed by atoms with Crippen LogP contribution in [0, 0.1) is 11.7 Å². The van der Waals surface area contributed by atoms with Gasteiger partial charge in [0.05, 0.1) is 0 Å². The van der Waals surface area contributed by atoms with Gasteiger partial charge in [-0.25, -0.2) is 8.78 Å². The monoisotopic (exact) mass is 504 g/mol. The summed E-state index contributed by atoms with van der Waals surface area (Å²) in [6.45, 7) is 2.18. The number of hydrogen-bond donors (Lipinski definition) is 0. The summed E-state index contributed by atoms with van der Waals surface area (Å²) < 4.78 is 96.9. The molecular formula is C27H31F7O. The van der Waals surface area contributed by atoms with Gasteiger partial charge in [-0.05, 0) is 79.2 Å². The molecule has 2 aromatic rings. The van der Waals surface area contributed by atoms with Crippen LogP contribution in [-0.4, -0.2) is 18.5 Å². The summed E-state index contributed by atoms with van der Waals surface area (Å²) in [6, 6.07) is 10.3. The van der Waals surface area contributed by atoms with E-state index in [1.807, 2.05) is 6.07 Å². The van der Waals surface area contributed by atoms with Gasteiger partial charge in [-0.3, -0.25) is 0 Å². The van der Waals surface area contributed by atoms with Gasteiger partial charge in [0.1, 0.15) is 11.6 Å². The molecule has 2 aromatic carbocycles. The van der Waals surface area contributed by atoms with E-state index < -0.39 is 30.0 Å². The predicted molar refractivity (Wildman–Crippen MR) is 121 cm³/mol. The largest absolute Gasteiger partial charge is 0.439 e. The number of rotatable bonds is 10. The van der Waals surface area contributed by atoms with Crippen LogP contribution in [-0.2, 0) is 12.8 Å². The Morgan fingerprint density at radius 1 is 0.914 bits per heavy atom. The fraction of sp³-hybridized carbons (Fsp3) is 0.556. The minimum atomic E-state index is -5.77. The van der Waals surface area contributed by atoms with Crippen LogP contribution >= 0.6 is 0 Å². The second-order valence-electron chi connectivity index (χ2n) is 9.39. The van der Waals surface area contributed by atoms with Gasteiger partial charge in [-0.15, -0.1) is 0 Å². The Morgan fingerprint density at radius 3 is 2.20 bits per heavy atom. The lowest BCUT2D eigenvalue weighted by Crippen LogP contribution is -2.45. The van der Waals surface area contributed by atoms with E-state index >= 15 is 0 Å². The lowest BCUT2D eigenvalue weighted by Gasteiger charge is -2.29. The molecule has 0 aromatic heterocycles. The fourth-order valence-electron chi connectivity index (χ4n) is 4.77. The third kappa shape index (κ3) is 7.37. The Hall–Kier alpha value is -2.25. The normalized spacial score (nSPS) is 20.0. The van der Waals surface area contributed by atoms with Gasteiger partial charge < -0.3 is 4.74 Å². The molecule has 1 fully saturated rings. The Labute approximate surface area is 201 Å². The molecule has 0 N–H and O–H groups in total. The lowest BCUT2D eigenvalue weighted by molar-refractivity contribution is -0.305. The molecule has 8 heteroatoms. The molecule has 0 radical (unpaired) electrons. The standard InChI is InChI=1S/C27H31F7O/c1-2-3-6-18-9-11-19(12-10-18)22-16-14-20(23(28)17-22)13-15-21-7-4-5-8-24(21)35-27(33,34)25(29)26(30,31)32/h4-5,7-8,14,16-19,25H,2-3,6,9-13,15H2,1H3. The topological polar surface area (TPSA) is 9.23 Å². The van der Waals surface area contributed by atoms with Gasteiger partial charge in [-0.2, -0.15) is 22.0 Å².